The van der Waals surface area contributed by atoms with Crippen LogP contribution in [0.1, 0.15) is 44.5 Å². The molecule has 0 bridgehead atoms. The molecular weight excluding hydrogens is 1180 g/mol. The van der Waals surface area contributed by atoms with Crippen LogP contribution in [-0.2, 0) is 71.8 Å². The molecule has 24 nitrogen and oxygen atoms in total. The van der Waals surface area contributed by atoms with E-state index in [1.807, 2.05) is 114 Å². The Kier molecular flexibility index (Phi) is 33.6. The molecule has 0 aliphatic rings. The van der Waals surface area contributed by atoms with Crippen molar-refractivity contribution in [2.24, 2.45) is 40.9 Å². The molecule has 0 fully saturated rings. The van der Waals surface area contributed by atoms with Crippen molar-refractivity contribution in [1.29, 1.82) is 0 Å². The number of aliphatic hydroxyl groups is 8. The van der Waals surface area contributed by atoms with Crippen LogP contribution in [-0.4, -0.2) is 122 Å². The Morgan fingerprint density at radius 3 is 0.924 bits per heavy atom. The fourth-order valence-electron chi connectivity index (χ4n) is 8.90. The minimum absolute atomic E-state index is 0.00413. The van der Waals surface area contributed by atoms with Crippen molar-refractivity contribution < 1.29 is 59.8 Å². The zero-order valence-electron chi connectivity index (χ0n) is 52.3. The summed E-state index contributed by atoms with van der Waals surface area (Å²) in [5.74, 6) is 0. The third-order valence-corrected chi connectivity index (χ3v) is 13.5. The second-order valence-corrected chi connectivity index (χ2v) is 19.9. The highest BCUT2D eigenvalue weighted by atomic mass is 16.5. The van der Waals surface area contributed by atoms with Crippen molar-refractivity contribution in [1.82, 2.24) is 0 Å². The van der Waals surface area contributed by atoms with Crippen LogP contribution in [0.25, 0.3) is 0 Å². The van der Waals surface area contributed by atoms with Crippen molar-refractivity contribution in [2.75, 3.05) is 102 Å². The van der Waals surface area contributed by atoms with Crippen molar-refractivity contribution in [3.05, 3.63) is 214 Å². The number of nitrogens with zero attached hydrogens (tertiary/aromatic N) is 10. The van der Waals surface area contributed by atoms with Gasteiger partial charge < -0.3 is 81.1 Å². The highest BCUT2D eigenvalue weighted by Crippen LogP contribution is 2.32. The van der Waals surface area contributed by atoms with Gasteiger partial charge in [0.05, 0.1) is 125 Å². The summed E-state index contributed by atoms with van der Waals surface area (Å²) in [4.78, 5) is 3.72. The number of methoxy groups -OCH3 is 4. The molecule has 488 valence electrons. The van der Waals surface area contributed by atoms with E-state index >= 15 is 0 Å². The van der Waals surface area contributed by atoms with Gasteiger partial charge in [0.25, 0.3) is 0 Å². The van der Waals surface area contributed by atoms with Gasteiger partial charge >= 0.3 is 0 Å². The molecule has 0 unspecified atom stereocenters. The first-order valence-electron chi connectivity index (χ1n) is 29.3. The maximum absolute atomic E-state index is 9.64. The monoisotopic (exact) mass is 1260 g/mol. The quantitative estimate of drug-likeness (QED) is 0.0148. The summed E-state index contributed by atoms with van der Waals surface area (Å²) in [6.45, 7) is 2.78. The van der Waals surface area contributed by atoms with E-state index in [1.54, 1.807) is 94.0 Å². The van der Waals surface area contributed by atoms with E-state index in [4.69, 9.17) is 45.7 Å². The topological polar surface area (TPSA) is 356 Å². The SMILES string of the molecule is COCc1cc(N=Nc2ccccc2COC)ccc1N.COCc1ccccc1N=Nc1ccc(N(CCO)CCO)c(COC)c1.Nc1ccc(N=Nc2ccccc2CO)cc1CO.OCCN(CCO)c1ccc(N=Nc2ccccc2CO)cc1CO. The fraction of sp³-hybridized carbons (Fsp3) is 0.294. The van der Waals surface area contributed by atoms with E-state index in [-0.39, 0.29) is 52.9 Å². The van der Waals surface area contributed by atoms with E-state index in [0.29, 0.717) is 115 Å². The highest BCUT2D eigenvalue weighted by Gasteiger charge is 2.14. The Bertz CT molecular complexity index is 3580. The largest absolute Gasteiger partial charge is 0.398 e. The molecule has 0 heterocycles. The van der Waals surface area contributed by atoms with Crippen molar-refractivity contribution in [3.8, 4) is 0 Å². The normalized spacial score (nSPS) is 11.2. The Labute approximate surface area is 536 Å². The summed E-state index contributed by atoms with van der Waals surface area (Å²) in [7, 11) is 6.56. The lowest BCUT2D eigenvalue weighted by atomic mass is 10.1. The predicted molar refractivity (Wildman–Crippen MR) is 356 cm³/mol. The van der Waals surface area contributed by atoms with Crippen molar-refractivity contribution in [2.45, 2.75) is 52.9 Å². The third kappa shape index (κ3) is 23.9. The summed E-state index contributed by atoms with van der Waals surface area (Å²) >= 11 is 0. The highest BCUT2D eigenvalue weighted by molar-refractivity contribution is 5.62. The number of anilines is 4. The van der Waals surface area contributed by atoms with Crippen molar-refractivity contribution >= 4 is 68.2 Å². The van der Waals surface area contributed by atoms with E-state index in [1.165, 1.54) is 0 Å². The van der Waals surface area contributed by atoms with Gasteiger partial charge in [0, 0.05) is 122 Å². The third-order valence-electron chi connectivity index (χ3n) is 13.5. The molecule has 0 saturated carbocycles. The smallest absolute Gasteiger partial charge is 0.0912 e. The number of nitrogens with two attached hydrogens (primary N) is 2. The molecule has 0 aliphatic heterocycles. The first-order valence-corrected chi connectivity index (χ1v) is 29.3. The average Bonchev–Trinajstić information content (AvgIpc) is 1.16. The molecule has 0 aromatic heterocycles. The number of benzene rings is 8. The van der Waals surface area contributed by atoms with Crippen LogP contribution in [0.3, 0.4) is 0 Å². The predicted octanol–water partition coefficient (Wildman–Crippen LogP) is 11.7. The maximum Gasteiger partial charge on any atom is 0.0912 e. The molecule has 8 aromatic rings. The van der Waals surface area contributed by atoms with Crippen LogP contribution in [0, 0.1) is 0 Å². The second-order valence-electron chi connectivity index (χ2n) is 19.9. The van der Waals surface area contributed by atoms with Gasteiger partial charge in [-0.15, -0.1) is 0 Å². The number of aliphatic hydroxyl groups excluding tert-OH is 8. The molecule has 8 aromatic carbocycles. The molecule has 0 radical (unpaired) electrons. The van der Waals surface area contributed by atoms with Crippen molar-refractivity contribution in [3.63, 3.8) is 0 Å². The average molecular weight is 1260 g/mol. The standard InChI is InChI=1S/C20H27N3O4.C18H23N3O4.C16H19N3O2.C14H15N3O2/c1-26-14-16-5-3-4-6-19(16)22-21-18-7-8-20(17(13-18)15-27-2)23(9-11-24)10-12-25;22-9-7-21(8-10-23)18-6-5-16(11-15(18)13-25)19-20-17-4-2-1-3-14(17)12-24;1-20-10-12-5-3-4-6-16(12)19-18-14-7-8-15(17)13(9-14)11-21-2;15-13-6-5-12(7-11(13)9-19)16-17-14-4-2-1-3-10(14)8-18/h3-8,13,24-25H,9-12,14-15H2,1-2H3;1-6,11,22-25H,7-10,12-13H2;3-9H,10-11,17H2,1-2H3;1-7,18-19H,8-9,15H2. The lowest BCUT2D eigenvalue weighted by Crippen LogP contribution is -2.30. The second kappa shape index (κ2) is 42.0. The molecule has 0 amide bonds. The van der Waals surface area contributed by atoms with Gasteiger partial charge in [0.15, 0.2) is 0 Å². The van der Waals surface area contributed by atoms with E-state index < -0.39 is 0 Å². The van der Waals surface area contributed by atoms with Crippen LogP contribution in [0.15, 0.2) is 211 Å². The Morgan fingerprint density at radius 1 is 0.293 bits per heavy atom. The number of hydrogen-bond acceptors (Lipinski definition) is 24. The zero-order chi connectivity index (χ0) is 66.3. The van der Waals surface area contributed by atoms with E-state index in [0.717, 1.165) is 50.7 Å². The number of hydrogen-bond donors (Lipinski definition) is 10. The Balaban J connectivity index is 0.000000224. The Hall–Kier alpha value is -9.12. The molecule has 0 aliphatic carbocycles. The maximum atomic E-state index is 9.64. The van der Waals surface area contributed by atoms with Gasteiger partial charge in [0.2, 0.25) is 0 Å². The van der Waals surface area contributed by atoms with Crippen LogP contribution in [0.4, 0.5) is 68.2 Å². The number of rotatable bonds is 30. The number of nitrogen functional groups attached to an aromatic ring is 2. The summed E-state index contributed by atoms with van der Waals surface area (Å²) < 4.78 is 20.8. The zero-order valence-corrected chi connectivity index (χ0v) is 52.3. The lowest BCUT2D eigenvalue weighted by molar-refractivity contribution is 0.185. The number of azo groups is 4. The van der Waals surface area contributed by atoms with Crippen LogP contribution < -0.4 is 21.3 Å². The van der Waals surface area contributed by atoms with Gasteiger partial charge in [-0.3, -0.25) is 0 Å². The first-order chi connectivity index (χ1) is 44.9. The molecular formula is C68H84N12O12. The van der Waals surface area contributed by atoms with Gasteiger partial charge in [-0.1, -0.05) is 72.8 Å². The molecule has 24 heteroatoms. The number of ether oxygens (including phenoxy) is 4. The van der Waals surface area contributed by atoms with E-state index in [9.17, 15) is 25.5 Å². The molecule has 0 spiro atoms. The molecule has 8 rings (SSSR count). The van der Waals surface area contributed by atoms with Gasteiger partial charge in [-0.2, -0.15) is 40.9 Å². The van der Waals surface area contributed by atoms with E-state index in [2.05, 4.69) is 40.9 Å². The summed E-state index contributed by atoms with van der Waals surface area (Å²) in [6.07, 6.45) is 0. The summed E-state index contributed by atoms with van der Waals surface area (Å²) in [6, 6.07) is 51.4. The molecule has 0 saturated heterocycles. The fourth-order valence-corrected chi connectivity index (χ4v) is 8.90. The summed E-state index contributed by atoms with van der Waals surface area (Å²) in [5.41, 5.74) is 26.2. The molecule has 12 N–H and O–H groups in total. The minimum Gasteiger partial charge on any atom is -0.398 e. The molecule has 92 heavy (non-hydrogen) atoms. The van der Waals surface area contributed by atoms with Gasteiger partial charge in [-0.25, -0.2) is 0 Å². The van der Waals surface area contributed by atoms with Gasteiger partial charge in [0.1, 0.15) is 0 Å². The first kappa shape index (κ1) is 73.6. The summed E-state index contributed by atoms with van der Waals surface area (Å²) in [5, 5.41) is 108. The lowest BCUT2D eigenvalue weighted by Gasteiger charge is -2.25. The van der Waals surface area contributed by atoms with Crippen LogP contribution in [0.2, 0.25) is 0 Å². The molecule has 0 atom stereocenters. The van der Waals surface area contributed by atoms with Crippen LogP contribution >= 0.6 is 0 Å². The Morgan fingerprint density at radius 2 is 0.565 bits per heavy atom. The van der Waals surface area contributed by atoms with Gasteiger partial charge in [-0.05, 0) is 97.1 Å². The minimum atomic E-state index is -0.195. The van der Waals surface area contributed by atoms with Crippen LogP contribution in [0.5, 0.6) is 0 Å².